The monoisotopic (exact) mass is 361 g/mol. The summed E-state index contributed by atoms with van der Waals surface area (Å²) < 4.78 is 0. The molecule has 6 nitrogen and oxygen atoms in total. The Labute approximate surface area is 156 Å². The highest BCUT2D eigenvalue weighted by Gasteiger charge is 2.06. The van der Waals surface area contributed by atoms with E-state index in [1.165, 1.54) is 0 Å². The van der Waals surface area contributed by atoms with Crippen LogP contribution in [0, 0.1) is 0 Å². The van der Waals surface area contributed by atoms with E-state index in [0.29, 0.717) is 18.5 Å². The Bertz CT molecular complexity index is 925. The third kappa shape index (κ3) is 4.99. The molecule has 0 saturated heterocycles. The van der Waals surface area contributed by atoms with Gasteiger partial charge in [-0.2, -0.15) is 0 Å². The topological polar surface area (TPSA) is 91.3 Å². The average Bonchev–Trinajstić information content (AvgIpc) is 2.73. The fraction of sp³-hybridized carbons (Fsp3) is 0.0952. The summed E-state index contributed by atoms with van der Waals surface area (Å²) in [7, 11) is 0. The first-order chi connectivity index (χ1) is 13.2. The normalized spacial score (nSPS) is 10.3. The fourth-order valence-electron chi connectivity index (χ4n) is 2.69. The second kappa shape index (κ2) is 8.73. The van der Waals surface area contributed by atoms with Crippen LogP contribution in [0.4, 0.5) is 0 Å². The molecule has 2 amide bonds. The molecule has 0 fully saturated rings. The first kappa shape index (κ1) is 18.3. The largest absolute Gasteiger partial charge is 0.352 e. The molecular formula is C21H19N3O3. The number of amides is 2. The Morgan fingerprint density at radius 3 is 2.41 bits per heavy atom. The maximum absolute atomic E-state index is 12.1. The van der Waals surface area contributed by atoms with E-state index < -0.39 is 5.91 Å². The minimum Gasteiger partial charge on any atom is -0.352 e. The summed E-state index contributed by atoms with van der Waals surface area (Å²) in [5.74, 6) is -0.612. The van der Waals surface area contributed by atoms with Crippen LogP contribution in [0.3, 0.4) is 0 Å². The number of nitrogens with one attached hydrogen (secondary N) is 2. The molecule has 3 rings (SSSR count). The molecule has 0 atom stereocenters. The Morgan fingerprint density at radius 2 is 1.70 bits per heavy atom. The number of nitrogens with zero attached hydrogens (tertiary/aromatic N) is 1. The van der Waals surface area contributed by atoms with E-state index in [4.69, 9.17) is 5.21 Å². The fourth-order valence-corrected chi connectivity index (χ4v) is 2.69. The lowest BCUT2D eigenvalue weighted by Gasteiger charge is -2.08. The van der Waals surface area contributed by atoms with E-state index in [1.54, 1.807) is 30.0 Å². The molecule has 1 heterocycles. The van der Waals surface area contributed by atoms with Gasteiger partial charge in [-0.3, -0.25) is 19.8 Å². The Morgan fingerprint density at radius 1 is 0.926 bits per heavy atom. The predicted octanol–water partition coefficient (Wildman–Crippen LogP) is 2.73. The van der Waals surface area contributed by atoms with Gasteiger partial charge >= 0.3 is 0 Å². The van der Waals surface area contributed by atoms with E-state index in [0.717, 1.165) is 22.3 Å². The third-order valence-electron chi connectivity index (χ3n) is 4.09. The van der Waals surface area contributed by atoms with Gasteiger partial charge in [0.15, 0.2) is 0 Å². The molecule has 2 aromatic carbocycles. The van der Waals surface area contributed by atoms with Gasteiger partial charge in [0.05, 0.1) is 6.42 Å². The number of hydroxylamine groups is 1. The number of hydrogen-bond donors (Lipinski definition) is 3. The molecule has 1 aromatic heterocycles. The van der Waals surface area contributed by atoms with Crippen molar-refractivity contribution in [3.63, 3.8) is 0 Å². The highest BCUT2D eigenvalue weighted by Crippen LogP contribution is 2.21. The number of carbonyl (C=O) groups is 2. The van der Waals surface area contributed by atoms with E-state index in [9.17, 15) is 9.59 Å². The lowest BCUT2D eigenvalue weighted by atomic mass is 10.0. The molecule has 0 bridgehead atoms. The number of benzene rings is 2. The van der Waals surface area contributed by atoms with Gasteiger partial charge in [-0.05, 0) is 46.5 Å². The smallest absolute Gasteiger partial charge is 0.274 e. The van der Waals surface area contributed by atoms with Gasteiger partial charge in [-0.15, -0.1) is 0 Å². The number of pyridine rings is 1. The Kier molecular flexibility index (Phi) is 5.91. The van der Waals surface area contributed by atoms with Crippen LogP contribution < -0.4 is 10.8 Å². The minimum atomic E-state index is -0.549. The molecule has 0 saturated carbocycles. The van der Waals surface area contributed by atoms with Gasteiger partial charge < -0.3 is 5.32 Å². The zero-order valence-corrected chi connectivity index (χ0v) is 14.6. The second-order valence-corrected chi connectivity index (χ2v) is 6.03. The van der Waals surface area contributed by atoms with Crippen LogP contribution in [0.15, 0.2) is 73.1 Å². The number of rotatable bonds is 6. The molecule has 6 heteroatoms. The van der Waals surface area contributed by atoms with Gasteiger partial charge in [-0.1, -0.05) is 36.4 Å². The first-order valence-electron chi connectivity index (χ1n) is 8.45. The summed E-state index contributed by atoms with van der Waals surface area (Å²) in [5, 5.41) is 11.6. The van der Waals surface area contributed by atoms with Gasteiger partial charge in [0.1, 0.15) is 0 Å². The van der Waals surface area contributed by atoms with Crippen molar-refractivity contribution >= 4 is 11.8 Å². The summed E-state index contributed by atoms with van der Waals surface area (Å²) >= 11 is 0. The minimum absolute atomic E-state index is 0.0622. The van der Waals surface area contributed by atoms with Crippen LogP contribution in [0.2, 0.25) is 0 Å². The van der Waals surface area contributed by atoms with E-state index >= 15 is 0 Å². The van der Waals surface area contributed by atoms with E-state index in [1.807, 2.05) is 48.5 Å². The van der Waals surface area contributed by atoms with Gasteiger partial charge in [0.2, 0.25) is 5.91 Å². The van der Waals surface area contributed by atoms with E-state index in [2.05, 4.69) is 10.3 Å². The molecule has 3 aromatic rings. The average molecular weight is 361 g/mol. The predicted molar refractivity (Wildman–Crippen MR) is 101 cm³/mol. The quantitative estimate of drug-likeness (QED) is 0.465. The van der Waals surface area contributed by atoms with Crippen molar-refractivity contribution in [2.24, 2.45) is 0 Å². The lowest BCUT2D eigenvalue weighted by molar-refractivity contribution is -0.120. The lowest BCUT2D eigenvalue weighted by Crippen LogP contribution is -2.24. The van der Waals surface area contributed by atoms with Crippen molar-refractivity contribution in [1.29, 1.82) is 0 Å². The molecule has 0 aliphatic carbocycles. The molecule has 3 N–H and O–H groups in total. The van der Waals surface area contributed by atoms with Crippen LogP contribution in [0.5, 0.6) is 0 Å². The third-order valence-corrected chi connectivity index (χ3v) is 4.09. The molecule has 0 radical (unpaired) electrons. The van der Waals surface area contributed by atoms with E-state index in [-0.39, 0.29) is 5.91 Å². The van der Waals surface area contributed by atoms with Crippen molar-refractivity contribution < 1.29 is 14.8 Å². The maximum Gasteiger partial charge on any atom is 0.274 e. The molecule has 136 valence electrons. The Balaban J connectivity index is 1.63. The van der Waals surface area contributed by atoms with Crippen LogP contribution in [-0.2, 0) is 17.8 Å². The SMILES string of the molecule is O=C(Cc1cccnc1)NCc1cccc(-c2ccc(C(=O)NO)cc2)c1. The number of aromatic nitrogens is 1. The maximum atomic E-state index is 12.1. The zero-order chi connectivity index (χ0) is 19.1. The summed E-state index contributed by atoms with van der Waals surface area (Å²) in [6, 6.07) is 18.4. The second-order valence-electron chi connectivity index (χ2n) is 6.03. The molecule has 0 aliphatic heterocycles. The highest BCUT2D eigenvalue weighted by atomic mass is 16.5. The van der Waals surface area contributed by atoms with Crippen molar-refractivity contribution in [3.8, 4) is 11.1 Å². The summed E-state index contributed by atoms with van der Waals surface area (Å²) in [5.41, 5.74) is 5.75. The number of carbonyl (C=O) groups excluding carboxylic acids is 2. The van der Waals surface area contributed by atoms with Crippen LogP contribution >= 0.6 is 0 Å². The molecular weight excluding hydrogens is 342 g/mol. The van der Waals surface area contributed by atoms with Gasteiger partial charge in [0.25, 0.3) is 5.91 Å². The summed E-state index contributed by atoms with van der Waals surface area (Å²) in [6.07, 6.45) is 3.65. The summed E-state index contributed by atoms with van der Waals surface area (Å²) in [4.78, 5) is 27.5. The van der Waals surface area contributed by atoms with Crippen LogP contribution in [-0.4, -0.2) is 22.0 Å². The molecule has 0 spiro atoms. The van der Waals surface area contributed by atoms with Gasteiger partial charge in [0, 0.05) is 24.5 Å². The van der Waals surface area contributed by atoms with Crippen LogP contribution in [0.1, 0.15) is 21.5 Å². The highest BCUT2D eigenvalue weighted by molar-refractivity contribution is 5.93. The van der Waals surface area contributed by atoms with Crippen molar-refractivity contribution in [2.45, 2.75) is 13.0 Å². The molecule has 0 aliphatic rings. The van der Waals surface area contributed by atoms with Crippen molar-refractivity contribution in [1.82, 2.24) is 15.8 Å². The first-order valence-corrected chi connectivity index (χ1v) is 8.45. The molecule has 27 heavy (non-hydrogen) atoms. The van der Waals surface area contributed by atoms with Gasteiger partial charge in [-0.25, -0.2) is 5.48 Å². The molecule has 0 unspecified atom stereocenters. The zero-order valence-electron chi connectivity index (χ0n) is 14.6. The number of hydrogen-bond acceptors (Lipinski definition) is 4. The standard InChI is InChI=1S/C21H19N3O3/c25-20(12-16-4-2-10-22-13-16)23-14-15-3-1-5-19(11-15)17-6-8-18(9-7-17)21(26)24-27/h1-11,13,27H,12,14H2,(H,23,25)(H,24,26). The van der Waals surface area contributed by atoms with Crippen molar-refractivity contribution in [2.75, 3.05) is 0 Å². The van der Waals surface area contributed by atoms with Crippen LogP contribution in [0.25, 0.3) is 11.1 Å². The Hall–Kier alpha value is -3.51. The summed E-state index contributed by atoms with van der Waals surface area (Å²) in [6.45, 7) is 0.429. The van der Waals surface area contributed by atoms with Crippen molar-refractivity contribution in [3.05, 3.63) is 89.7 Å².